The molecule has 160 valence electrons. The number of benzene rings is 3. The molecule has 4 heteroatoms. The number of para-hydroxylation sites is 1. The van der Waals surface area contributed by atoms with Gasteiger partial charge in [-0.05, 0) is 66.3 Å². The highest BCUT2D eigenvalue weighted by Gasteiger charge is 2.08. The number of methoxy groups -OCH3 is 1. The Bertz CT molecular complexity index is 1090. The van der Waals surface area contributed by atoms with Gasteiger partial charge in [0.1, 0.15) is 6.61 Å². The van der Waals surface area contributed by atoms with E-state index < -0.39 is 0 Å². The van der Waals surface area contributed by atoms with Crippen molar-refractivity contribution in [3.05, 3.63) is 94.6 Å². The van der Waals surface area contributed by atoms with Crippen molar-refractivity contribution in [2.24, 2.45) is 0 Å². The Labute approximate surface area is 184 Å². The maximum absolute atomic E-state index is 12.5. The predicted octanol–water partition coefficient (Wildman–Crippen LogP) is 6.11. The number of hydrogen-bond acceptors (Lipinski definition) is 3. The van der Waals surface area contributed by atoms with Crippen molar-refractivity contribution in [1.82, 2.24) is 0 Å². The maximum atomic E-state index is 12.5. The number of aryl methyl sites for hydroxylation is 3. The van der Waals surface area contributed by atoms with E-state index in [1.54, 1.807) is 13.2 Å². The smallest absolute Gasteiger partial charge is 0.248 e. The molecular weight excluding hydrogens is 386 g/mol. The fourth-order valence-electron chi connectivity index (χ4n) is 3.37. The molecule has 1 amide bonds. The van der Waals surface area contributed by atoms with Gasteiger partial charge < -0.3 is 14.8 Å². The first kappa shape index (κ1) is 22.2. The molecule has 0 aliphatic carbocycles. The van der Waals surface area contributed by atoms with Gasteiger partial charge in [-0.2, -0.15) is 0 Å². The first-order valence-corrected chi connectivity index (χ1v) is 10.4. The van der Waals surface area contributed by atoms with Gasteiger partial charge in [0.05, 0.1) is 7.11 Å². The lowest BCUT2D eigenvalue weighted by molar-refractivity contribution is -0.111. The average molecular weight is 416 g/mol. The number of rotatable bonds is 8. The molecular formula is C27H29NO3. The summed E-state index contributed by atoms with van der Waals surface area (Å²) in [5, 5.41) is 3.00. The molecule has 0 fully saturated rings. The van der Waals surface area contributed by atoms with Gasteiger partial charge in [0, 0.05) is 11.8 Å². The summed E-state index contributed by atoms with van der Waals surface area (Å²) in [6.07, 6.45) is 4.17. The highest BCUT2D eigenvalue weighted by Crippen LogP contribution is 2.29. The SMILES string of the molecule is CCc1cccc(C)c1NC(=O)C=Cc1ccc(OCc2ccccc2C)c(OC)c1. The molecule has 0 unspecified atom stereocenters. The number of nitrogens with one attached hydrogen (secondary N) is 1. The zero-order chi connectivity index (χ0) is 22.2. The van der Waals surface area contributed by atoms with E-state index in [1.165, 1.54) is 11.6 Å². The zero-order valence-corrected chi connectivity index (χ0v) is 18.6. The summed E-state index contributed by atoms with van der Waals surface area (Å²) < 4.78 is 11.5. The van der Waals surface area contributed by atoms with Gasteiger partial charge in [-0.25, -0.2) is 0 Å². The van der Waals surface area contributed by atoms with Gasteiger partial charge >= 0.3 is 0 Å². The van der Waals surface area contributed by atoms with Gasteiger partial charge in [-0.15, -0.1) is 0 Å². The van der Waals surface area contributed by atoms with Crippen molar-refractivity contribution in [3.8, 4) is 11.5 Å². The Morgan fingerprint density at radius 3 is 2.42 bits per heavy atom. The van der Waals surface area contributed by atoms with Crippen LogP contribution in [0.1, 0.15) is 34.7 Å². The van der Waals surface area contributed by atoms with Crippen molar-refractivity contribution in [2.45, 2.75) is 33.8 Å². The van der Waals surface area contributed by atoms with Gasteiger partial charge in [0.2, 0.25) is 5.91 Å². The van der Waals surface area contributed by atoms with Crippen molar-refractivity contribution in [2.75, 3.05) is 12.4 Å². The molecule has 0 radical (unpaired) electrons. The van der Waals surface area contributed by atoms with Crippen molar-refractivity contribution >= 4 is 17.7 Å². The molecule has 0 heterocycles. The lowest BCUT2D eigenvalue weighted by Crippen LogP contribution is -2.11. The lowest BCUT2D eigenvalue weighted by Gasteiger charge is -2.13. The van der Waals surface area contributed by atoms with Crippen LogP contribution in [0.2, 0.25) is 0 Å². The number of ether oxygens (including phenoxy) is 2. The van der Waals surface area contributed by atoms with E-state index in [-0.39, 0.29) is 5.91 Å². The second-order valence-corrected chi connectivity index (χ2v) is 7.41. The molecule has 0 saturated heterocycles. The standard InChI is InChI=1S/C27H29NO3/c1-5-22-12-8-10-20(3)27(22)28-26(29)16-14-21-13-15-24(25(17-21)30-4)31-18-23-11-7-6-9-19(23)2/h6-17H,5,18H2,1-4H3,(H,28,29). The van der Waals surface area contributed by atoms with Crippen LogP contribution in [0.15, 0.2) is 66.7 Å². The van der Waals surface area contributed by atoms with E-state index in [0.29, 0.717) is 18.1 Å². The quantitative estimate of drug-likeness (QED) is 0.452. The van der Waals surface area contributed by atoms with E-state index in [0.717, 1.165) is 34.4 Å². The first-order valence-electron chi connectivity index (χ1n) is 10.4. The molecule has 3 rings (SSSR count). The Kier molecular flexibility index (Phi) is 7.50. The van der Waals surface area contributed by atoms with Crippen LogP contribution in [-0.2, 0) is 17.8 Å². The second kappa shape index (κ2) is 10.5. The predicted molar refractivity (Wildman–Crippen MR) is 127 cm³/mol. The maximum Gasteiger partial charge on any atom is 0.248 e. The topological polar surface area (TPSA) is 47.6 Å². The number of hydrogen-bond donors (Lipinski definition) is 1. The normalized spacial score (nSPS) is 10.8. The second-order valence-electron chi connectivity index (χ2n) is 7.41. The van der Waals surface area contributed by atoms with Crippen LogP contribution < -0.4 is 14.8 Å². The highest BCUT2D eigenvalue weighted by molar-refractivity contribution is 6.02. The third-order valence-corrected chi connectivity index (χ3v) is 5.25. The third kappa shape index (κ3) is 5.76. The number of carbonyl (C=O) groups is 1. The lowest BCUT2D eigenvalue weighted by atomic mass is 10.1. The van der Waals surface area contributed by atoms with Crippen LogP contribution in [0.25, 0.3) is 6.08 Å². The van der Waals surface area contributed by atoms with E-state index in [4.69, 9.17) is 9.47 Å². The fourth-order valence-corrected chi connectivity index (χ4v) is 3.37. The minimum absolute atomic E-state index is 0.164. The average Bonchev–Trinajstić information content (AvgIpc) is 2.78. The highest BCUT2D eigenvalue weighted by atomic mass is 16.5. The summed E-state index contributed by atoms with van der Waals surface area (Å²) in [6.45, 7) is 6.61. The number of carbonyl (C=O) groups excluding carboxylic acids is 1. The van der Waals surface area contributed by atoms with E-state index in [9.17, 15) is 4.79 Å². The molecule has 3 aromatic carbocycles. The summed E-state index contributed by atoms with van der Waals surface area (Å²) in [7, 11) is 1.61. The van der Waals surface area contributed by atoms with Gasteiger partial charge in [0.15, 0.2) is 11.5 Å². The van der Waals surface area contributed by atoms with Gasteiger partial charge in [0.25, 0.3) is 0 Å². The summed E-state index contributed by atoms with van der Waals surface area (Å²) >= 11 is 0. The van der Waals surface area contributed by atoms with Crippen molar-refractivity contribution < 1.29 is 14.3 Å². The summed E-state index contributed by atoms with van der Waals surface area (Å²) in [6, 6.07) is 19.8. The van der Waals surface area contributed by atoms with E-state index in [1.807, 2.05) is 55.5 Å². The van der Waals surface area contributed by atoms with Crippen LogP contribution in [0.4, 0.5) is 5.69 Å². The summed E-state index contributed by atoms with van der Waals surface area (Å²) in [4.78, 5) is 12.5. The molecule has 31 heavy (non-hydrogen) atoms. The number of anilines is 1. The number of amides is 1. The van der Waals surface area contributed by atoms with Crippen LogP contribution in [0.5, 0.6) is 11.5 Å². The molecule has 1 N–H and O–H groups in total. The monoisotopic (exact) mass is 415 g/mol. The molecule has 0 aliphatic rings. The first-order chi connectivity index (χ1) is 15.0. The molecule has 4 nitrogen and oxygen atoms in total. The van der Waals surface area contributed by atoms with Crippen LogP contribution in [0.3, 0.4) is 0 Å². The summed E-state index contributed by atoms with van der Waals surface area (Å²) in [5.74, 6) is 1.13. The van der Waals surface area contributed by atoms with Crippen LogP contribution >= 0.6 is 0 Å². The van der Waals surface area contributed by atoms with Gasteiger partial charge in [-0.3, -0.25) is 4.79 Å². The Morgan fingerprint density at radius 2 is 1.68 bits per heavy atom. The Morgan fingerprint density at radius 1 is 0.935 bits per heavy atom. The minimum Gasteiger partial charge on any atom is -0.493 e. The van der Waals surface area contributed by atoms with E-state index >= 15 is 0 Å². The Balaban J connectivity index is 1.69. The van der Waals surface area contributed by atoms with Crippen LogP contribution in [-0.4, -0.2) is 13.0 Å². The third-order valence-electron chi connectivity index (χ3n) is 5.25. The molecule has 0 aliphatic heterocycles. The fraction of sp³-hybridized carbons (Fsp3) is 0.222. The largest absolute Gasteiger partial charge is 0.493 e. The van der Waals surface area contributed by atoms with E-state index in [2.05, 4.69) is 31.3 Å². The minimum atomic E-state index is -0.164. The summed E-state index contributed by atoms with van der Waals surface area (Å²) in [5.41, 5.74) is 6.24. The molecule has 0 atom stereocenters. The molecule has 0 bridgehead atoms. The van der Waals surface area contributed by atoms with Crippen molar-refractivity contribution in [3.63, 3.8) is 0 Å². The molecule has 0 spiro atoms. The Hall–Kier alpha value is -3.53. The van der Waals surface area contributed by atoms with Crippen LogP contribution in [0, 0.1) is 13.8 Å². The zero-order valence-electron chi connectivity index (χ0n) is 18.6. The molecule has 3 aromatic rings. The van der Waals surface area contributed by atoms with Crippen molar-refractivity contribution in [1.29, 1.82) is 0 Å². The molecule has 0 aromatic heterocycles. The molecule has 0 saturated carbocycles. The van der Waals surface area contributed by atoms with Gasteiger partial charge in [-0.1, -0.05) is 55.5 Å².